The highest BCUT2D eigenvalue weighted by Gasteiger charge is 2.33. The number of hydrogen-bond donors (Lipinski definition) is 1. The van der Waals surface area contributed by atoms with Crippen LogP contribution in [0.25, 0.3) is 0 Å². The molecule has 3 rings (SSSR count). The van der Waals surface area contributed by atoms with Crippen LogP contribution in [-0.2, 0) is 9.59 Å². The van der Waals surface area contributed by atoms with Crippen molar-refractivity contribution in [3.8, 4) is 11.5 Å². The number of esters is 1. The lowest BCUT2D eigenvalue weighted by molar-refractivity contribution is -0.129. The number of thioether (sulfide) groups is 1. The number of halogens is 1. The molecule has 1 atom stereocenters. The molecule has 0 bridgehead atoms. The predicted octanol–water partition coefficient (Wildman–Crippen LogP) is 3.27. The van der Waals surface area contributed by atoms with E-state index < -0.39 is 11.3 Å². The Morgan fingerprint density at radius 1 is 1.31 bits per heavy atom. The van der Waals surface area contributed by atoms with Crippen molar-refractivity contribution >= 4 is 50.6 Å². The second-order valence-corrected chi connectivity index (χ2v) is 7.74. The average molecular weight is 482 g/mol. The van der Waals surface area contributed by atoms with Crippen LogP contribution >= 0.6 is 27.7 Å². The minimum atomic E-state index is -0.682. The lowest BCUT2D eigenvalue weighted by Gasteiger charge is -2.21. The molecule has 152 valence electrons. The zero-order valence-corrected chi connectivity index (χ0v) is 18.0. The first-order valence-electron chi connectivity index (χ1n) is 8.26. The van der Waals surface area contributed by atoms with Crippen LogP contribution in [0.15, 0.2) is 44.5 Å². The maximum absolute atomic E-state index is 12.2. The highest BCUT2D eigenvalue weighted by atomic mass is 79.9. The molecule has 2 aromatic rings. The number of hydrogen-bond acceptors (Lipinski definition) is 8. The fourth-order valence-electron chi connectivity index (χ4n) is 2.50. The van der Waals surface area contributed by atoms with Gasteiger partial charge in [0.15, 0.2) is 16.7 Å². The SMILES string of the molecule is COc1cc([C@H]2SC(NC(C)=O)=NN2C(C)=O)cc(Br)c1OC(=O)c1ccco1. The molecule has 9 nitrogen and oxygen atoms in total. The highest BCUT2D eigenvalue weighted by molar-refractivity contribution is 9.10. The zero-order valence-electron chi connectivity index (χ0n) is 15.6. The summed E-state index contributed by atoms with van der Waals surface area (Å²) in [7, 11) is 1.43. The van der Waals surface area contributed by atoms with Gasteiger partial charge in [-0.05, 0) is 45.8 Å². The molecule has 29 heavy (non-hydrogen) atoms. The molecule has 1 aromatic heterocycles. The summed E-state index contributed by atoms with van der Waals surface area (Å²) in [5.74, 6) is -0.792. The number of carbonyl (C=O) groups is 3. The van der Waals surface area contributed by atoms with E-state index in [-0.39, 0.29) is 29.1 Å². The molecule has 1 aliphatic heterocycles. The van der Waals surface area contributed by atoms with Gasteiger partial charge in [-0.1, -0.05) is 11.8 Å². The second-order valence-electron chi connectivity index (χ2n) is 5.82. The smallest absolute Gasteiger partial charge is 0.379 e. The summed E-state index contributed by atoms with van der Waals surface area (Å²) < 4.78 is 16.2. The Labute approximate surface area is 178 Å². The molecule has 0 saturated carbocycles. The Kier molecular flexibility index (Phi) is 6.28. The third-order valence-corrected chi connectivity index (χ3v) is 5.39. The summed E-state index contributed by atoms with van der Waals surface area (Å²) in [5.41, 5.74) is 0.649. The van der Waals surface area contributed by atoms with Crippen LogP contribution in [0.2, 0.25) is 0 Å². The molecule has 1 aromatic carbocycles. The number of rotatable bonds is 4. The minimum Gasteiger partial charge on any atom is -0.493 e. The Morgan fingerprint density at radius 3 is 2.66 bits per heavy atom. The average Bonchev–Trinajstić information content (AvgIpc) is 3.32. The molecule has 0 aliphatic carbocycles. The van der Waals surface area contributed by atoms with E-state index in [9.17, 15) is 14.4 Å². The van der Waals surface area contributed by atoms with Crippen LogP contribution in [0.3, 0.4) is 0 Å². The largest absolute Gasteiger partial charge is 0.493 e. The monoisotopic (exact) mass is 481 g/mol. The molecular weight excluding hydrogens is 466 g/mol. The maximum atomic E-state index is 12.2. The second kappa shape index (κ2) is 8.70. The Balaban J connectivity index is 1.91. The number of nitrogens with zero attached hydrogens (tertiary/aromatic N) is 2. The third kappa shape index (κ3) is 4.62. The van der Waals surface area contributed by atoms with Gasteiger partial charge in [0, 0.05) is 13.8 Å². The van der Waals surface area contributed by atoms with Crippen molar-refractivity contribution in [2.24, 2.45) is 5.10 Å². The number of benzene rings is 1. The maximum Gasteiger partial charge on any atom is 0.379 e. The standard InChI is InChI=1S/C18H16BrN3O6S/c1-9(23)20-18-21-22(10(2)24)16(29-18)11-7-12(19)15(14(8-11)26-3)28-17(25)13-5-4-6-27-13/h4-8,16H,1-3H3,(H,20,21,23)/t16-/m1/s1. The van der Waals surface area contributed by atoms with E-state index >= 15 is 0 Å². The Bertz CT molecular complexity index is 992. The summed E-state index contributed by atoms with van der Waals surface area (Å²) in [4.78, 5) is 35.6. The van der Waals surface area contributed by atoms with Gasteiger partial charge in [-0.3, -0.25) is 9.59 Å². The number of amidine groups is 1. The first kappa shape index (κ1) is 20.9. The van der Waals surface area contributed by atoms with E-state index in [0.717, 1.165) is 0 Å². The summed E-state index contributed by atoms with van der Waals surface area (Å²) in [6, 6.07) is 6.38. The predicted molar refractivity (Wildman–Crippen MR) is 108 cm³/mol. The highest BCUT2D eigenvalue weighted by Crippen LogP contribution is 2.44. The van der Waals surface area contributed by atoms with Gasteiger partial charge in [-0.15, -0.1) is 5.10 Å². The van der Waals surface area contributed by atoms with Crippen molar-refractivity contribution in [1.29, 1.82) is 0 Å². The number of furan rings is 1. The fraction of sp³-hybridized carbons (Fsp3) is 0.222. The summed E-state index contributed by atoms with van der Waals surface area (Å²) >= 11 is 4.58. The quantitative estimate of drug-likeness (QED) is 0.526. The van der Waals surface area contributed by atoms with Crippen LogP contribution in [0.5, 0.6) is 11.5 Å². The van der Waals surface area contributed by atoms with E-state index in [0.29, 0.717) is 15.2 Å². The molecular formula is C18H16BrN3O6S. The molecule has 2 heterocycles. The van der Waals surface area contributed by atoms with Gasteiger partial charge in [0.2, 0.25) is 17.6 Å². The van der Waals surface area contributed by atoms with E-state index in [1.807, 2.05) is 0 Å². The first-order chi connectivity index (χ1) is 13.8. The molecule has 11 heteroatoms. The third-order valence-electron chi connectivity index (χ3n) is 3.70. The van der Waals surface area contributed by atoms with Crippen LogP contribution < -0.4 is 14.8 Å². The number of methoxy groups -OCH3 is 1. The lowest BCUT2D eigenvalue weighted by Crippen LogP contribution is -2.25. The summed E-state index contributed by atoms with van der Waals surface area (Å²) in [6.45, 7) is 2.73. The van der Waals surface area contributed by atoms with E-state index in [1.54, 1.807) is 18.2 Å². The topological polar surface area (TPSA) is 110 Å². The van der Waals surface area contributed by atoms with E-state index in [2.05, 4.69) is 26.3 Å². The van der Waals surface area contributed by atoms with E-state index in [4.69, 9.17) is 13.9 Å². The number of amides is 2. The minimum absolute atomic E-state index is 0.0467. The van der Waals surface area contributed by atoms with Crippen LogP contribution in [-0.4, -0.2) is 35.1 Å². The summed E-state index contributed by atoms with van der Waals surface area (Å²) in [5, 5.41) is 7.76. The van der Waals surface area contributed by atoms with Gasteiger partial charge < -0.3 is 19.2 Å². The Morgan fingerprint density at radius 2 is 2.07 bits per heavy atom. The van der Waals surface area contributed by atoms with Crippen molar-refractivity contribution < 1.29 is 28.3 Å². The molecule has 0 fully saturated rings. The van der Waals surface area contributed by atoms with E-state index in [1.165, 1.54) is 50.1 Å². The molecule has 1 N–H and O–H groups in total. The van der Waals surface area contributed by atoms with Crippen LogP contribution in [0.1, 0.15) is 35.3 Å². The zero-order chi connectivity index (χ0) is 21.1. The van der Waals surface area contributed by atoms with Gasteiger partial charge >= 0.3 is 5.97 Å². The van der Waals surface area contributed by atoms with Gasteiger partial charge in [-0.25, -0.2) is 9.80 Å². The number of carbonyl (C=O) groups excluding carboxylic acids is 3. The van der Waals surface area contributed by atoms with Gasteiger partial charge in [0.1, 0.15) is 5.37 Å². The van der Waals surface area contributed by atoms with Gasteiger partial charge in [-0.2, -0.15) is 0 Å². The normalized spacial score (nSPS) is 15.7. The molecule has 0 unspecified atom stereocenters. The van der Waals surface area contributed by atoms with Crippen LogP contribution in [0.4, 0.5) is 0 Å². The number of nitrogens with one attached hydrogen (secondary N) is 1. The van der Waals surface area contributed by atoms with Crippen molar-refractivity contribution in [2.75, 3.05) is 7.11 Å². The van der Waals surface area contributed by atoms with Crippen molar-refractivity contribution in [3.05, 3.63) is 46.3 Å². The van der Waals surface area contributed by atoms with Crippen molar-refractivity contribution in [3.63, 3.8) is 0 Å². The van der Waals surface area contributed by atoms with Gasteiger partial charge in [0.05, 0.1) is 17.8 Å². The molecule has 0 radical (unpaired) electrons. The van der Waals surface area contributed by atoms with Crippen molar-refractivity contribution in [1.82, 2.24) is 10.3 Å². The molecule has 0 saturated heterocycles. The van der Waals surface area contributed by atoms with Crippen molar-refractivity contribution in [2.45, 2.75) is 19.2 Å². The number of ether oxygens (including phenoxy) is 2. The number of hydrazone groups is 1. The van der Waals surface area contributed by atoms with Crippen LogP contribution in [0, 0.1) is 0 Å². The Hall–Kier alpha value is -2.79. The fourth-order valence-corrected chi connectivity index (χ4v) is 4.16. The molecule has 2 amide bonds. The van der Waals surface area contributed by atoms with Gasteiger partial charge in [0.25, 0.3) is 0 Å². The summed E-state index contributed by atoms with van der Waals surface area (Å²) in [6.07, 6.45) is 1.37. The molecule has 0 spiro atoms. The molecule has 1 aliphatic rings. The first-order valence-corrected chi connectivity index (χ1v) is 9.93. The lowest BCUT2D eigenvalue weighted by atomic mass is 10.2.